The normalized spacial score (nSPS) is 22.9. The Morgan fingerprint density at radius 2 is 1.76 bits per heavy atom. The van der Waals surface area contributed by atoms with Crippen molar-refractivity contribution in [2.75, 3.05) is 27.2 Å². The lowest BCUT2D eigenvalue weighted by molar-refractivity contribution is -0.187. The molecule has 1 unspecified atom stereocenters. The van der Waals surface area contributed by atoms with Gasteiger partial charge in [0, 0.05) is 26.6 Å². The number of methoxy groups -OCH3 is 1. The van der Waals surface area contributed by atoms with E-state index in [0.29, 0.717) is 25.4 Å². The molecule has 1 N–H and O–H groups in total. The molecule has 9 heteroatoms. The predicted molar refractivity (Wildman–Crippen MR) is 156 cm³/mol. The minimum absolute atomic E-state index is 0.0140. The van der Waals surface area contributed by atoms with Crippen molar-refractivity contribution in [3.8, 4) is 5.75 Å². The van der Waals surface area contributed by atoms with Gasteiger partial charge in [-0.15, -0.1) is 0 Å². The molecule has 0 radical (unpaired) electrons. The van der Waals surface area contributed by atoms with E-state index in [9.17, 15) is 14.4 Å². The molecule has 4 amide bonds. The Hall–Kier alpha value is -4.11. The topological polar surface area (TPSA) is 85.4 Å². The van der Waals surface area contributed by atoms with E-state index in [1.54, 1.807) is 34.0 Å². The van der Waals surface area contributed by atoms with Gasteiger partial charge in [-0.1, -0.05) is 67.1 Å². The van der Waals surface area contributed by atoms with Gasteiger partial charge in [-0.3, -0.25) is 9.59 Å². The van der Waals surface area contributed by atoms with E-state index < -0.39 is 12.2 Å². The summed E-state index contributed by atoms with van der Waals surface area (Å²) in [6.45, 7) is 5.15. The van der Waals surface area contributed by atoms with E-state index >= 15 is 0 Å². The third-order valence-electron chi connectivity index (χ3n) is 8.06. The van der Waals surface area contributed by atoms with Gasteiger partial charge in [-0.25, -0.2) is 14.8 Å². The summed E-state index contributed by atoms with van der Waals surface area (Å²) in [6.07, 6.45) is 7.06. The second kappa shape index (κ2) is 12.2. The summed E-state index contributed by atoms with van der Waals surface area (Å²) in [7, 11) is 3.35. The molecule has 2 fully saturated rings. The number of fused-ring (bicyclic) bond motifs is 1. The quantitative estimate of drug-likeness (QED) is 0.559. The van der Waals surface area contributed by atoms with E-state index in [0.717, 1.165) is 34.4 Å². The summed E-state index contributed by atoms with van der Waals surface area (Å²) < 4.78 is 5.23. The van der Waals surface area contributed by atoms with Crippen LogP contribution in [0.2, 0.25) is 0 Å². The van der Waals surface area contributed by atoms with E-state index in [1.165, 1.54) is 0 Å². The summed E-state index contributed by atoms with van der Waals surface area (Å²) in [5.41, 5.74) is 4.12. The van der Waals surface area contributed by atoms with Crippen LogP contribution in [0.3, 0.4) is 0 Å². The molecular weight excluding hydrogens is 518 g/mol. The number of hydrazine groups is 1. The largest absolute Gasteiger partial charge is 0.497 e. The van der Waals surface area contributed by atoms with Gasteiger partial charge in [0.25, 0.3) is 0 Å². The number of carbonyl (C=O) groups is 3. The highest BCUT2D eigenvalue weighted by Gasteiger charge is 2.50. The fourth-order valence-corrected chi connectivity index (χ4v) is 5.71. The van der Waals surface area contributed by atoms with Crippen molar-refractivity contribution in [2.45, 2.75) is 52.0 Å². The molecule has 1 aliphatic carbocycles. The molecule has 5 rings (SSSR count). The summed E-state index contributed by atoms with van der Waals surface area (Å²) in [6, 6.07) is 14.6. The average Bonchev–Trinajstić information content (AvgIpc) is 2.96. The van der Waals surface area contributed by atoms with Gasteiger partial charge in [-0.2, -0.15) is 0 Å². The Bertz CT molecular complexity index is 1340. The monoisotopic (exact) mass is 557 g/mol. The SMILES string of the molecule is COc1ccc(CNC(=O)N2[C@H]3CN(Cc4ccc(C)cc4)C(=O)[C@H](CC4=CCC(C)C=C4)N3C(=O)CN2C)cc1. The lowest BCUT2D eigenvalue weighted by Gasteiger charge is -2.54. The molecule has 2 heterocycles. The second-order valence-electron chi connectivity index (χ2n) is 11.2. The van der Waals surface area contributed by atoms with Crippen molar-refractivity contribution < 1.29 is 19.1 Å². The number of hydrogen-bond acceptors (Lipinski definition) is 5. The summed E-state index contributed by atoms with van der Waals surface area (Å²) >= 11 is 0. The number of urea groups is 1. The summed E-state index contributed by atoms with van der Waals surface area (Å²) in [5.74, 6) is 0.945. The number of ether oxygens (including phenoxy) is 1. The van der Waals surface area contributed by atoms with Gasteiger partial charge < -0.3 is 19.9 Å². The summed E-state index contributed by atoms with van der Waals surface area (Å²) in [4.78, 5) is 44.6. The molecule has 0 aromatic heterocycles. The molecular formula is C32H39N5O4. The third kappa shape index (κ3) is 6.30. The Morgan fingerprint density at radius 1 is 1.05 bits per heavy atom. The fourth-order valence-electron chi connectivity index (χ4n) is 5.71. The van der Waals surface area contributed by atoms with Crippen LogP contribution in [-0.2, 0) is 22.7 Å². The van der Waals surface area contributed by atoms with Gasteiger partial charge in [-0.05, 0) is 48.1 Å². The Labute approximate surface area is 242 Å². The molecule has 0 bridgehead atoms. The molecule has 41 heavy (non-hydrogen) atoms. The number of amides is 4. The molecule has 2 saturated heterocycles. The van der Waals surface area contributed by atoms with Crippen LogP contribution >= 0.6 is 0 Å². The number of carbonyl (C=O) groups excluding carboxylic acids is 3. The first-order valence-corrected chi connectivity index (χ1v) is 14.2. The Kier molecular flexibility index (Phi) is 8.44. The maximum atomic E-state index is 14.0. The zero-order valence-electron chi connectivity index (χ0n) is 24.2. The molecule has 3 atom stereocenters. The van der Waals surface area contributed by atoms with Crippen molar-refractivity contribution in [1.29, 1.82) is 0 Å². The van der Waals surface area contributed by atoms with Crippen LogP contribution < -0.4 is 10.1 Å². The number of piperazine rings is 1. The number of hydrogen-bond donors (Lipinski definition) is 1. The molecule has 2 aromatic rings. The zero-order valence-corrected chi connectivity index (χ0v) is 24.2. The zero-order chi connectivity index (χ0) is 29.1. The van der Waals surface area contributed by atoms with Crippen LogP contribution in [0.1, 0.15) is 36.5 Å². The first-order chi connectivity index (χ1) is 19.7. The van der Waals surface area contributed by atoms with Crippen LogP contribution in [0.5, 0.6) is 5.75 Å². The number of aryl methyl sites for hydroxylation is 1. The number of nitrogens with zero attached hydrogens (tertiary/aromatic N) is 4. The lowest BCUT2D eigenvalue weighted by Crippen LogP contribution is -2.75. The maximum absolute atomic E-state index is 14.0. The van der Waals surface area contributed by atoms with E-state index in [4.69, 9.17) is 4.74 Å². The van der Waals surface area contributed by atoms with Gasteiger partial charge >= 0.3 is 6.03 Å². The van der Waals surface area contributed by atoms with Crippen LogP contribution in [0.4, 0.5) is 4.79 Å². The maximum Gasteiger partial charge on any atom is 0.334 e. The molecule has 216 valence electrons. The molecule has 0 saturated carbocycles. The summed E-state index contributed by atoms with van der Waals surface area (Å²) in [5, 5.41) is 6.26. The number of benzene rings is 2. The van der Waals surface area contributed by atoms with Gasteiger partial charge in [0.1, 0.15) is 18.0 Å². The van der Waals surface area contributed by atoms with Crippen LogP contribution in [-0.4, -0.2) is 77.1 Å². The average molecular weight is 558 g/mol. The van der Waals surface area contributed by atoms with Crippen molar-refractivity contribution >= 4 is 17.8 Å². The smallest absolute Gasteiger partial charge is 0.334 e. The number of allylic oxidation sites excluding steroid dienone is 3. The van der Waals surface area contributed by atoms with Gasteiger partial charge in [0.15, 0.2) is 0 Å². The van der Waals surface area contributed by atoms with E-state index in [2.05, 4.69) is 30.5 Å². The van der Waals surface area contributed by atoms with E-state index in [-0.39, 0.29) is 30.9 Å². The highest BCUT2D eigenvalue weighted by molar-refractivity contribution is 5.91. The Morgan fingerprint density at radius 3 is 2.41 bits per heavy atom. The van der Waals surface area contributed by atoms with E-state index in [1.807, 2.05) is 55.5 Å². The first-order valence-electron chi connectivity index (χ1n) is 14.2. The van der Waals surface area contributed by atoms with Crippen molar-refractivity contribution in [3.05, 3.63) is 89.0 Å². The predicted octanol–water partition coefficient (Wildman–Crippen LogP) is 3.85. The molecule has 2 aromatic carbocycles. The van der Waals surface area contributed by atoms with Crippen LogP contribution in [0, 0.1) is 12.8 Å². The molecule has 9 nitrogen and oxygen atoms in total. The van der Waals surface area contributed by atoms with Gasteiger partial charge in [0.2, 0.25) is 11.8 Å². The minimum atomic E-state index is -0.693. The van der Waals surface area contributed by atoms with Gasteiger partial charge in [0.05, 0.1) is 20.2 Å². The number of nitrogens with one attached hydrogen (secondary N) is 1. The van der Waals surface area contributed by atoms with Crippen molar-refractivity contribution in [1.82, 2.24) is 25.1 Å². The standard InChI is InChI=1S/C32H39N5O4/c1-22-5-9-24(10-6-22)17-28-31(39)35(19-26-11-7-23(2)8-12-26)20-29-36(28)30(38)21-34(3)37(29)32(40)33-18-25-13-15-27(41-4)16-14-25/h5,7-16,22,28-29H,6,17-21H2,1-4H3,(H,33,40)/t22?,28-,29-/m0/s1. The van der Waals surface area contributed by atoms with Crippen molar-refractivity contribution in [3.63, 3.8) is 0 Å². The fraction of sp³-hybridized carbons (Fsp3) is 0.406. The molecule has 2 aliphatic heterocycles. The minimum Gasteiger partial charge on any atom is -0.497 e. The molecule has 0 spiro atoms. The molecule has 3 aliphatic rings. The first kappa shape index (κ1) is 28.4. The Balaban J connectivity index is 1.41. The van der Waals surface area contributed by atoms with Crippen LogP contribution in [0.15, 0.2) is 72.3 Å². The van der Waals surface area contributed by atoms with Crippen LogP contribution in [0.25, 0.3) is 0 Å². The lowest BCUT2D eigenvalue weighted by atomic mass is 9.92. The third-order valence-corrected chi connectivity index (χ3v) is 8.06. The second-order valence-corrected chi connectivity index (χ2v) is 11.2. The number of rotatable bonds is 7. The van der Waals surface area contributed by atoms with Crippen molar-refractivity contribution in [2.24, 2.45) is 5.92 Å². The highest BCUT2D eigenvalue weighted by atomic mass is 16.5. The number of likely N-dealkylation sites (N-methyl/N-ethyl adjacent to an activating group) is 1. The highest BCUT2D eigenvalue weighted by Crippen LogP contribution is 2.31.